The van der Waals surface area contributed by atoms with E-state index in [1.807, 2.05) is 0 Å². The Hall–Kier alpha value is -4.73. The zero-order valence-electron chi connectivity index (χ0n) is 23.7. The summed E-state index contributed by atoms with van der Waals surface area (Å²) in [5, 5.41) is 8.45. The zero-order chi connectivity index (χ0) is 30.8. The highest BCUT2D eigenvalue weighted by Gasteiger charge is 2.18. The number of carbonyl (C=O) groups is 3. The minimum Gasteiger partial charge on any atom is -0.497 e. The zero-order valence-corrected chi connectivity index (χ0v) is 25.3. The minimum absolute atomic E-state index is 0.00345. The quantitative estimate of drug-likeness (QED) is 0.125. The molecular weight excluding hydrogens is 586 g/mol. The van der Waals surface area contributed by atoms with E-state index in [-0.39, 0.29) is 11.6 Å². The van der Waals surface area contributed by atoms with Crippen molar-refractivity contribution in [3.8, 4) is 11.5 Å². The second-order valence-corrected chi connectivity index (χ2v) is 11.0. The van der Waals surface area contributed by atoms with Crippen LogP contribution < -0.4 is 25.4 Å². The molecule has 0 fully saturated rings. The summed E-state index contributed by atoms with van der Waals surface area (Å²) < 4.78 is 10.8. The number of halogens is 1. The van der Waals surface area contributed by atoms with Crippen molar-refractivity contribution in [3.63, 3.8) is 0 Å². The monoisotopic (exact) mass is 615 g/mol. The fraction of sp³-hybridized carbons (Fsp3) is 0.121. The van der Waals surface area contributed by atoms with Crippen molar-refractivity contribution < 1.29 is 23.9 Å². The van der Waals surface area contributed by atoms with Crippen LogP contribution in [-0.2, 0) is 9.59 Å². The van der Waals surface area contributed by atoms with E-state index in [2.05, 4.69) is 16.0 Å². The first-order valence-electron chi connectivity index (χ1n) is 13.2. The van der Waals surface area contributed by atoms with Crippen LogP contribution in [0.15, 0.2) is 108 Å². The van der Waals surface area contributed by atoms with Crippen LogP contribution in [-0.4, -0.2) is 37.2 Å². The fourth-order valence-corrected chi connectivity index (χ4v) is 4.97. The van der Waals surface area contributed by atoms with Crippen molar-refractivity contribution >= 4 is 58.5 Å². The number of benzene rings is 4. The fourth-order valence-electron chi connectivity index (χ4n) is 3.92. The van der Waals surface area contributed by atoms with Crippen LogP contribution in [0.3, 0.4) is 0 Å². The van der Waals surface area contributed by atoms with E-state index in [1.165, 1.54) is 32.1 Å². The third kappa shape index (κ3) is 8.64. The third-order valence-corrected chi connectivity index (χ3v) is 7.63. The molecule has 0 aliphatic carbocycles. The topological polar surface area (TPSA) is 106 Å². The number of hydrogen-bond acceptors (Lipinski definition) is 6. The average Bonchev–Trinajstić information content (AvgIpc) is 3.03. The summed E-state index contributed by atoms with van der Waals surface area (Å²) in [7, 11) is 3.05. The maximum Gasteiger partial charge on any atom is 0.272 e. The van der Waals surface area contributed by atoms with Gasteiger partial charge >= 0.3 is 0 Å². The number of para-hydroxylation sites is 1. The molecule has 4 aromatic carbocycles. The SMILES string of the molecule is COc1ccc(OC)c(/C=C(\NC(=O)c2ccccc2)C(=O)Nc2ccc(SC(C)C(=O)Nc3ccccc3Cl)cc2)c1. The smallest absolute Gasteiger partial charge is 0.272 e. The van der Waals surface area contributed by atoms with E-state index in [1.54, 1.807) is 104 Å². The molecule has 4 rings (SSSR count). The highest BCUT2D eigenvalue weighted by atomic mass is 35.5. The minimum atomic E-state index is -0.540. The molecular formula is C33H30ClN3O5S. The van der Waals surface area contributed by atoms with Crippen molar-refractivity contribution in [1.29, 1.82) is 0 Å². The molecule has 10 heteroatoms. The van der Waals surface area contributed by atoms with E-state index >= 15 is 0 Å². The molecule has 4 aromatic rings. The number of methoxy groups -OCH3 is 2. The van der Waals surface area contributed by atoms with E-state index in [9.17, 15) is 14.4 Å². The number of carbonyl (C=O) groups excluding carboxylic acids is 3. The molecule has 0 heterocycles. The third-order valence-electron chi connectivity index (χ3n) is 6.19. The van der Waals surface area contributed by atoms with Crippen LogP contribution in [0.25, 0.3) is 6.08 Å². The van der Waals surface area contributed by atoms with Crippen molar-refractivity contribution in [2.24, 2.45) is 0 Å². The van der Waals surface area contributed by atoms with Gasteiger partial charge in [-0.2, -0.15) is 0 Å². The number of hydrogen-bond donors (Lipinski definition) is 3. The van der Waals surface area contributed by atoms with E-state index in [4.69, 9.17) is 21.1 Å². The summed E-state index contributed by atoms with van der Waals surface area (Å²) in [6.07, 6.45) is 1.53. The second-order valence-electron chi connectivity index (χ2n) is 9.19. The van der Waals surface area contributed by atoms with Gasteiger partial charge in [0.1, 0.15) is 17.2 Å². The summed E-state index contributed by atoms with van der Waals surface area (Å²) in [5.74, 6) is -0.118. The Balaban J connectivity index is 1.50. The maximum atomic E-state index is 13.5. The van der Waals surface area contributed by atoms with Crippen molar-refractivity contribution in [2.75, 3.05) is 24.9 Å². The van der Waals surface area contributed by atoms with E-state index in [0.29, 0.717) is 39.0 Å². The summed E-state index contributed by atoms with van der Waals surface area (Å²) in [6.45, 7) is 1.80. The molecule has 0 saturated heterocycles. The number of rotatable bonds is 11. The van der Waals surface area contributed by atoms with Crippen LogP contribution in [0.4, 0.5) is 11.4 Å². The summed E-state index contributed by atoms with van der Waals surface area (Å²) in [5.41, 5.74) is 1.99. The lowest BCUT2D eigenvalue weighted by Crippen LogP contribution is -2.30. The van der Waals surface area contributed by atoms with Gasteiger partial charge in [0.15, 0.2) is 0 Å². The summed E-state index contributed by atoms with van der Waals surface area (Å²) >= 11 is 7.52. The first-order chi connectivity index (χ1) is 20.8. The molecule has 0 spiro atoms. The molecule has 1 unspecified atom stereocenters. The number of ether oxygens (including phenoxy) is 2. The Morgan fingerprint density at radius 1 is 0.837 bits per heavy atom. The Morgan fingerprint density at radius 3 is 2.21 bits per heavy atom. The maximum absolute atomic E-state index is 13.5. The second kappa shape index (κ2) is 14.9. The van der Waals surface area contributed by atoms with E-state index in [0.717, 1.165) is 4.90 Å². The lowest BCUT2D eigenvalue weighted by molar-refractivity contribution is -0.115. The highest BCUT2D eigenvalue weighted by Crippen LogP contribution is 2.28. The Bertz CT molecular complexity index is 1630. The van der Waals surface area contributed by atoms with Gasteiger partial charge in [-0.15, -0.1) is 11.8 Å². The van der Waals surface area contributed by atoms with Crippen molar-refractivity contribution in [3.05, 3.63) is 119 Å². The van der Waals surface area contributed by atoms with Gasteiger partial charge in [-0.3, -0.25) is 14.4 Å². The molecule has 0 aliphatic heterocycles. The molecule has 0 bridgehead atoms. The normalized spacial score (nSPS) is 11.7. The molecule has 0 aromatic heterocycles. The average molecular weight is 616 g/mol. The van der Waals surface area contributed by atoms with Gasteiger partial charge < -0.3 is 25.4 Å². The lowest BCUT2D eigenvalue weighted by Gasteiger charge is -2.14. The predicted octanol–water partition coefficient (Wildman–Crippen LogP) is 6.89. The van der Waals surface area contributed by atoms with Crippen LogP contribution in [0.1, 0.15) is 22.8 Å². The molecule has 220 valence electrons. The lowest BCUT2D eigenvalue weighted by atomic mass is 10.1. The Labute approximate surface area is 259 Å². The molecule has 8 nitrogen and oxygen atoms in total. The Morgan fingerprint density at radius 2 is 1.53 bits per heavy atom. The standard InChI is InChI=1S/C33H30ClN3O5S/c1-21(31(38)36-28-12-8-7-11-27(28)34)43-26-16-13-24(14-17-26)35-33(40)29(37-32(39)22-9-5-4-6-10-22)20-23-19-25(41-2)15-18-30(23)42-3/h4-21H,1-3H3,(H,35,40)(H,36,38)(H,37,39)/b29-20-. The molecule has 0 saturated carbocycles. The van der Waals surface area contributed by atoms with Gasteiger partial charge in [0.05, 0.1) is 30.2 Å². The van der Waals surface area contributed by atoms with Gasteiger partial charge in [0.25, 0.3) is 11.8 Å². The molecule has 0 aliphatic rings. The van der Waals surface area contributed by atoms with Gasteiger partial charge in [-0.25, -0.2) is 0 Å². The molecule has 1 atom stereocenters. The van der Waals surface area contributed by atoms with Crippen LogP contribution in [0, 0.1) is 0 Å². The highest BCUT2D eigenvalue weighted by molar-refractivity contribution is 8.00. The molecule has 3 N–H and O–H groups in total. The first kappa shape index (κ1) is 31.2. The van der Waals surface area contributed by atoms with Crippen molar-refractivity contribution in [2.45, 2.75) is 17.1 Å². The van der Waals surface area contributed by atoms with Gasteiger partial charge in [-0.1, -0.05) is 41.9 Å². The van der Waals surface area contributed by atoms with Gasteiger partial charge in [0.2, 0.25) is 5.91 Å². The van der Waals surface area contributed by atoms with Crippen LogP contribution in [0.5, 0.6) is 11.5 Å². The van der Waals surface area contributed by atoms with Gasteiger partial charge in [-0.05, 0) is 79.7 Å². The summed E-state index contributed by atoms with van der Waals surface area (Å²) in [4.78, 5) is 39.9. The first-order valence-corrected chi connectivity index (χ1v) is 14.5. The van der Waals surface area contributed by atoms with Gasteiger partial charge in [0, 0.05) is 21.7 Å². The van der Waals surface area contributed by atoms with E-state index < -0.39 is 17.1 Å². The van der Waals surface area contributed by atoms with Crippen molar-refractivity contribution in [1.82, 2.24) is 5.32 Å². The molecule has 3 amide bonds. The number of nitrogens with one attached hydrogen (secondary N) is 3. The number of anilines is 2. The largest absolute Gasteiger partial charge is 0.497 e. The Kier molecular flexibility index (Phi) is 10.9. The number of thioether (sulfide) groups is 1. The summed E-state index contributed by atoms with van der Waals surface area (Å²) in [6, 6.07) is 27.8. The van der Waals surface area contributed by atoms with Crippen LogP contribution in [0.2, 0.25) is 5.02 Å². The number of amides is 3. The van der Waals surface area contributed by atoms with Crippen LogP contribution >= 0.6 is 23.4 Å². The molecule has 43 heavy (non-hydrogen) atoms. The predicted molar refractivity (Wildman–Crippen MR) is 172 cm³/mol. The molecule has 0 radical (unpaired) electrons.